The molecule has 0 aliphatic carbocycles. The number of nitrogens with one attached hydrogen (secondary N) is 1. The Labute approximate surface area is 131 Å². The van der Waals surface area contributed by atoms with Crippen LogP contribution in [0.1, 0.15) is 36.7 Å². The molecule has 0 aromatic heterocycles. The van der Waals surface area contributed by atoms with Gasteiger partial charge < -0.3 is 11.1 Å². The van der Waals surface area contributed by atoms with Gasteiger partial charge in [-0.2, -0.15) is 0 Å². The molecule has 0 spiro atoms. The van der Waals surface area contributed by atoms with E-state index in [0.29, 0.717) is 17.5 Å². The molecule has 0 saturated heterocycles. The van der Waals surface area contributed by atoms with Crippen LogP contribution in [-0.2, 0) is 0 Å². The van der Waals surface area contributed by atoms with Crippen LogP contribution in [0.2, 0.25) is 0 Å². The lowest BCUT2D eigenvalue weighted by molar-refractivity contribution is 0.0919. The summed E-state index contributed by atoms with van der Waals surface area (Å²) < 4.78 is 12.3. The fourth-order valence-electron chi connectivity index (χ4n) is 1.51. The summed E-state index contributed by atoms with van der Waals surface area (Å²) in [5, 5.41) is 2.89. The maximum Gasteiger partial charge on any atom is 0.251 e. The minimum atomic E-state index is -0.266. The standard InChI is InChI=1S/C16H21FN2O.ClH/c1-16(2,3)19-15(20)14-8-6-12(7-9-14)4-5-13(10-17)11-18;/h4-10H,11,18H2,1-3H3,(H,19,20);1H/b5-4+,13-10+;. The Kier molecular flexibility index (Phi) is 7.92. The molecule has 0 unspecified atom stereocenters. The minimum Gasteiger partial charge on any atom is -0.347 e. The van der Waals surface area contributed by atoms with E-state index in [0.717, 1.165) is 5.56 Å². The van der Waals surface area contributed by atoms with Crippen molar-refractivity contribution in [3.8, 4) is 0 Å². The van der Waals surface area contributed by atoms with Gasteiger partial charge in [0.05, 0.1) is 6.33 Å². The van der Waals surface area contributed by atoms with Gasteiger partial charge in [-0.25, -0.2) is 4.39 Å². The Balaban J connectivity index is 0.00000400. The summed E-state index contributed by atoms with van der Waals surface area (Å²) in [4.78, 5) is 11.9. The van der Waals surface area contributed by atoms with Crippen molar-refractivity contribution in [1.82, 2.24) is 5.32 Å². The smallest absolute Gasteiger partial charge is 0.251 e. The summed E-state index contributed by atoms with van der Waals surface area (Å²) in [5.74, 6) is -0.112. The molecule has 1 aromatic carbocycles. The predicted molar refractivity (Wildman–Crippen MR) is 88.2 cm³/mol. The van der Waals surface area contributed by atoms with Crippen molar-refractivity contribution in [2.24, 2.45) is 5.73 Å². The number of amides is 1. The summed E-state index contributed by atoms with van der Waals surface area (Å²) in [7, 11) is 0. The van der Waals surface area contributed by atoms with Gasteiger partial charge in [-0.1, -0.05) is 24.3 Å². The fourth-order valence-corrected chi connectivity index (χ4v) is 1.51. The van der Waals surface area contributed by atoms with Crippen LogP contribution in [0, 0.1) is 0 Å². The molecule has 1 aromatic rings. The van der Waals surface area contributed by atoms with E-state index >= 15 is 0 Å². The quantitative estimate of drug-likeness (QED) is 0.837. The van der Waals surface area contributed by atoms with Gasteiger partial charge in [0.25, 0.3) is 5.91 Å². The molecule has 21 heavy (non-hydrogen) atoms. The van der Waals surface area contributed by atoms with Gasteiger partial charge >= 0.3 is 0 Å². The molecule has 0 radical (unpaired) electrons. The van der Waals surface area contributed by atoms with Crippen molar-refractivity contribution < 1.29 is 9.18 Å². The lowest BCUT2D eigenvalue weighted by atomic mass is 10.1. The van der Waals surface area contributed by atoms with Gasteiger partial charge in [0.1, 0.15) is 0 Å². The highest BCUT2D eigenvalue weighted by Crippen LogP contribution is 2.09. The molecule has 116 valence electrons. The second kappa shape index (κ2) is 8.60. The van der Waals surface area contributed by atoms with Gasteiger partial charge in [-0.05, 0) is 44.0 Å². The molecule has 0 saturated carbocycles. The van der Waals surface area contributed by atoms with Gasteiger partial charge in [0.15, 0.2) is 0 Å². The van der Waals surface area contributed by atoms with E-state index in [1.165, 1.54) is 0 Å². The van der Waals surface area contributed by atoms with Crippen molar-refractivity contribution in [2.75, 3.05) is 6.54 Å². The molecule has 0 heterocycles. The molecule has 0 aliphatic heterocycles. The Hall–Kier alpha value is -1.65. The van der Waals surface area contributed by atoms with Crippen molar-refractivity contribution in [3.63, 3.8) is 0 Å². The first-order chi connectivity index (χ1) is 9.35. The zero-order valence-corrected chi connectivity index (χ0v) is 13.3. The van der Waals surface area contributed by atoms with Crippen LogP contribution in [0.15, 0.2) is 42.2 Å². The number of halogens is 2. The van der Waals surface area contributed by atoms with E-state index in [1.807, 2.05) is 20.8 Å². The zero-order chi connectivity index (χ0) is 15.2. The SMILES string of the molecule is CC(C)(C)NC(=O)c1ccc(/C=C/C(=C\F)CN)cc1.Cl. The lowest BCUT2D eigenvalue weighted by Gasteiger charge is -2.20. The summed E-state index contributed by atoms with van der Waals surface area (Å²) in [6.07, 6.45) is 3.86. The van der Waals surface area contributed by atoms with Crippen LogP contribution < -0.4 is 11.1 Å². The van der Waals surface area contributed by atoms with Crippen LogP contribution in [0.4, 0.5) is 4.39 Å². The number of benzene rings is 1. The highest BCUT2D eigenvalue weighted by Gasteiger charge is 2.14. The largest absolute Gasteiger partial charge is 0.347 e. The summed E-state index contributed by atoms with van der Waals surface area (Å²) in [5.41, 5.74) is 6.98. The fraction of sp³-hybridized carbons (Fsp3) is 0.312. The maximum atomic E-state index is 12.3. The molecule has 0 aliphatic rings. The summed E-state index contributed by atoms with van der Waals surface area (Å²) >= 11 is 0. The Morgan fingerprint density at radius 1 is 1.29 bits per heavy atom. The predicted octanol–water partition coefficient (Wildman–Crippen LogP) is 3.46. The first-order valence-electron chi connectivity index (χ1n) is 6.45. The number of carbonyl (C=O) groups is 1. The van der Waals surface area contributed by atoms with E-state index in [1.54, 1.807) is 36.4 Å². The first kappa shape index (κ1) is 19.4. The molecule has 5 heteroatoms. The van der Waals surface area contributed by atoms with Crippen molar-refractivity contribution in [1.29, 1.82) is 0 Å². The van der Waals surface area contributed by atoms with Gasteiger partial charge in [-0.3, -0.25) is 4.79 Å². The van der Waals surface area contributed by atoms with Crippen LogP contribution in [0.25, 0.3) is 6.08 Å². The highest BCUT2D eigenvalue weighted by molar-refractivity contribution is 5.94. The monoisotopic (exact) mass is 312 g/mol. The van der Waals surface area contributed by atoms with E-state index in [2.05, 4.69) is 5.32 Å². The second-order valence-electron chi connectivity index (χ2n) is 5.55. The second-order valence-corrected chi connectivity index (χ2v) is 5.55. The van der Waals surface area contributed by atoms with Crippen molar-refractivity contribution in [3.05, 3.63) is 53.4 Å². The van der Waals surface area contributed by atoms with E-state index in [-0.39, 0.29) is 30.4 Å². The Morgan fingerprint density at radius 2 is 1.86 bits per heavy atom. The van der Waals surface area contributed by atoms with Gasteiger partial charge in [0, 0.05) is 17.6 Å². The molecule has 0 bridgehead atoms. The van der Waals surface area contributed by atoms with Crippen molar-refractivity contribution in [2.45, 2.75) is 26.3 Å². The van der Waals surface area contributed by atoms with Crippen molar-refractivity contribution >= 4 is 24.4 Å². The molecule has 0 atom stereocenters. The normalized spacial score (nSPS) is 12.1. The highest BCUT2D eigenvalue weighted by atomic mass is 35.5. The van der Waals surface area contributed by atoms with Crippen LogP contribution in [0.5, 0.6) is 0 Å². The molecule has 3 N–H and O–H groups in total. The number of hydrogen-bond donors (Lipinski definition) is 2. The molecule has 1 amide bonds. The summed E-state index contributed by atoms with van der Waals surface area (Å²) in [6.45, 7) is 5.94. The van der Waals surface area contributed by atoms with Crippen LogP contribution >= 0.6 is 12.4 Å². The third-order valence-corrected chi connectivity index (χ3v) is 2.53. The first-order valence-corrected chi connectivity index (χ1v) is 6.45. The number of carbonyl (C=O) groups excluding carboxylic acids is 1. The van der Waals surface area contributed by atoms with Gasteiger partial charge in [0.2, 0.25) is 0 Å². The average molecular weight is 313 g/mol. The molecular formula is C16H22ClFN2O. The Bertz CT molecular complexity index is 516. The molecular weight excluding hydrogens is 291 g/mol. The maximum absolute atomic E-state index is 12.3. The van der Waals surface area contributed by atoms with E-state index in [9.17, 15) is 9.18 Å². The topological polar surface area (TPSA) is 55.1 Å². The van der Waals surface area contributed by atoms with Gasteiger partial charge in [-0.15, -0.1) is 12.4 Å². The number of rotatable bonds is 4. The molecule has 1 rings (SSSR count). The van der Waals surface area contributed by atoms with E-state index in [4.69, 9.17) is 5.73 Å². The molecule has 3 nitrogen and oxygen atoms in total. The Morgan fingerprint density at radius 3 is 2.29 bits per heavy atom. The molecule has 0 fully saturated rings. The average Bonchev–Trinajstić information content (AvgIpc) is 2.38. The third-order valence-electron chi connectivity index (χ3n) is 2.53. The third kappa shape index (κ3) is 7.06. The van der Waals surface area contributed by atoms with E-state index < -0.39 is 0 Å². The lowest BCUT2D eigenvalue weighted by Crippen LogP contribution is -2.40. The summed E-state index contributed by atoms with van der Waals surface area (Å²) in [6, 6.07) is 7.09. The number of nitrogens with two attached hydrogens (primary N) is 1. The number of hydrogen-bond acceptors (Lipinski definition) is 2. The van der Waals surface area contributed by atoms with Crippen LogP contribution in [0.3, 0.4) is 0 Å². The minimum absolute atomic E-state index is 0. The van der Waals surface area contributed by atoms with Crippen LogP contribution in [-0.4, -0.2) is 18.0 Å². The zero-order valence-electron chi connectivity index (χ0n) is 12.5.